The summed E-state index contributed by atoms with van der Waals surface area (Å²) < 4.78 is 43.5. The predicted molar refractivity (Wildman–Crippen MR) is 106 cm³/mol. The lowest BCUT2D eigenvalue weighted by atomic mass is 10.2. The highest BCUT2D eigenvalue weighted by molar-refractivity contribution is 6.34. The Bertz CT molecular complexity index is 1020. The second-order valence-electron chi connectivity index (χ2n) is 6.66. The number of primary amides is 1. The van der Waals surface area contributed by atoms with Gasteiger partial charge in [0, 0.05) is 18.1 Å². The summed E-state index contributed by atoms with van der Waals surface area (Å²) in [6.07, 6.45) is 0.969. The number of hydrogen-bond acceptors (Lipinski definition) is 6. The number of hydrogen-bond donors (Lipinski definition) is 2. The van der Waals surface area contributed by atoms with Gasteiger partial charge in [0.2, 0.25) is 5.91 Å². The maximum atomic E-state index is 14.6. The Labute approximate surface area is 180 Å². The molecule has 0 saturated heterocycles. The van der Waals surface area contributed by atoms with Crippen molar-refractivity contribution in [1.82, 2.24) is 20.2 Å². The average molecular weight is 455 g/mol. The van der Waals surface area contributed by atoms with E-state index in [2.05, 4.69) is 15.3 Å². The van der Waals surface area contributed by atoms with Crippen LogP contribution in [0.5, 0.6) is 0 Å². The Kier molecular flexibility index (Phi) is 6.46. The number of nitrogens with zero attached hydrogens (tertiary/aromatic N) is 4. The molecule has 0 aliphatic carbocycles. The molecular formula is C19H18ClF3N6O2. The molecule has 0 radical (unpaired) electrons. The van der Waals surface area contributed by atoms with Crippen LogP contribution in [0.1, 0.15) is 12.6 Å². The zero-order valence-corrected chi connectivity index (χ0v) is 17.0. The van der Waals surface area contributed by atoms with Gasteiger partial charge in [0.15, 0.2) is 17.8 Å². The second-order valence-corrected chi connectivity index (χ2v) is 7.01. The van der Waals surface area contributed by atoms with E-state index in [0.29, 0.717) is 0 Å². The summed E-state index contributed by atoms with van der Waals surface area (Å²) in [6, 6.07) is 6.42. The number of pyridine rings is 2. The van der Waals surface area contributed by atoms with E-state index in [1.807, 2.05) is 0 Å². The number of allylic oxidation sites excluding steroid dienone is 1. The molecule has 3 rings (SSSR count). The van der Waals surface area contributed by atoms with Crippen molar-refractivity contribution in [3.63, 3.8) is 0 Å². The lowest BCUT2D eigenvalue weighted by Gasteiger charge is -2.41. The van der Waals surface area contributed by atoms with Gasteiger partial charge in [0.1, 0.15) is 10.9 Å². The van der Waals surface area contributed by atoms with Crippen LogP contribution < -0.4 is 16.0 Å². The number of rotatable bonds is 7. The van der Waals surface area contributed by atoms with Crippen molar-refractivity contribution in [2.45, 2.75) is 19.0 Å². The van der Waals surface area contributed by atoms with Gasteiger partial charge in [0.25, 0.3) is 5.91 Å². The molecule has 0 spiro atoms. The molecule has 1 aliphatic rings. The first kappa shape index (κ1) is 22.5. The molecule has 3 heterocycles. The molecule has 12 heteroatoms. The smallest absolute Gasteiger partial charge is 0.301 e. The number of halogens is 4. The van der Waals surface area contributed by atoms with Gasteiger partial charge in [-0.25, -0.2) is 14.3 Å². The van der Waals surface area contributed by atoms with Gasteiger partial charge in [-0.05, 0) is 31.2 Å². The Hall–Kier alpha value is -3.18. The Morgan fingerprint density at radius 3 is 2.58 bits per heavy atom. The Morgan fingerprint density at radius 2 is 1.97 bits per heavy atom. The fourth-order valence-corrected chi connectivity index (χ4v) is 3.31. The standard InChI is InChI=1S/C19H18ClF3N6O2/c1-11-15(20)29(16-12(21)5-4-8-26-16)18(31)17(28(11)9-14(24)30)27-10-19(22,23)13-6-2-3-7-25-13/h2-8,17,27H,9-10H2,1H3,(H2,24,30). The first-order valence-electron chi connectivity index (χ1n) is 9.02. The third-order valence-electron chi connectivity index (χ3n) is 4.53. The van der Waals surface area contributed by atoms with Crippen LogP contribution in [0.15, 0.2) is 53.6 Å². The van der Waals surface area contributed by atoms with E-state index in [0.717, 1.165) is 21.9 Å². The lowest BCUT2D eigenvalue weighted by molar-refractivity contribution is -0.127. The van der Waals surface area contributed by atoms with Crippen molar-refractivity contribution in [2.24, 2.45) is 5.73 Å². The first-order valence-corrected chi connectivity index (χ1v) is 9.40. The maximum absolute atomic E-state index is 14.6. The summed E-state index contributed by atoms with van der Waals surface area (Å²) in [4.78, 5) is 34.1. The number of carbonyl (C=O) groups excluding carboxylic acids is 2. The number of aromatic nitrogens is 2. The molecule has 0 fully saturated rings. The van der Waals surface area contributed by atoms with E-state index in [4.69, 9.17) is 17.3 Å². The van der Waals surface area contributed by atoms with Gasteiger partial charge in [-0.3, -0.25) is 19.9 Å². The van der Waals surface area contributed by atoms with E-state index in [1.165, 1.54) is 37.5 Å². The third-order valence-corrected chi connectivity index (χ3v) is 4.97. The molecular weight excluding hydrogens is 437 g/mol. The van der Waals surface area contributed by atoms with Crippen LogP contribution in [0.3, 0.4) is 0 Å². The molecule has 1 unspecified atom stereocenters. The van der Waals surface area contributed by atoms with Gasteiger partial charge in [-0.15, -0.1) is 0 Å². The van der Waals surface area contributed by atoms with Crippen molar-refractivity contribution < 1.29 is 22.8 Å². The fraction of sp³-hybridized carbons (Fsp3) is 0.263. The molecule has 1 aliphatic heterocycles. The zero-order valence-electron chi connectivity index (χ0n) is 16.2. The monoisotopic (exact) mass is 454 g/mol. The Balaban J connectivity index is 1.97. The van der Waals surface area contributed by atoms with Gasteiger partial charge >= 0.3 is 5.92 Å². The third kappa shape index (κ3) is 4.62. The number of nitrogens with two attached hydrogens (primary N) is 1. The normalized spacial score (nSPS) is 17.3. The molecule has 3 N–H and O–H groups in total. The molecule has 1 atom stereocenters. The predicted octanol–water partition coefficient (Wildman–Crippen LogP) is 1.89. The highest BCUT2D eigenvalue weighted by Gasteiger charge is 2.43. The van der Waals surface area contributed by atoms with Gasteiger partial charge in [-0.2, -0.15) is 8.78 Å². The van der Waals surface area contributed by atoms with E-state index in [1.54, 1.807) is 0 Å². The summed E-state index contributed by atoms with van der Waals surface area (Å²) in [7, 11) is 0. The molecule has 2 amide bonds. The summed E-state index contributed by atoms with van der Waals surface area (Å²) >= 11 is 6.26. The number of carbonyl (C=O) groups is 2. The molecule has 2 aromatic heterocycles. The fourth-order valence-electron chi connectivity index (χ4n) is 3.04. The molecule has 0 bridgehead atoms. The summed E-state index contributed by atoms with van der Waals surface area (Å²) in [5.41, 5.74) is 4.89. The van der Waals surface area contributed by atoms with Crippen LogP contribution in [0, 0.1) is 5.82 Å². The van der Waals surface area contributed by atoms with Gasteiger partial charge in [-0.1, -0.05) is 17.7 Å². The van der Waals surface area contributed by atoms with E-state index >= 15 is 0 Å². The molecule has 8 nitrogen and oxygen atoms in total. The van der Waals surface area contributed by atoms with Crippen molar-refractivity contribution >= 4 is 29.2 Å². The van der Waals surface area contributed by atoms with Gasteiger partial charge < -0.3 is 10.6 Å². The second kappa shape index (κ2) is 8.90. The van der Waals surface area contributed by atoms with Crippen LogP contribution in [-0.2, 0) is 15.5 Å². The Morgan fingerprint density at radius 1 is 1.26 bits per heavy atom. The molecule has 2 aromatic rings. The molecule has 0 aromatic carbocycles. The molecule has 0 saturated carbocycles. The van der Waals surface area contributed by atoms with Crippen LogP contribution in [0.2, 0.25) is 0 Å². The van der Waals surface area contributed by atoms with Crippen molar-refractivity contribution in [3.05, 3.63) is 65.1 Å². The minimum absolute atomic E-state index is 0.142. The van der Waals surface area contributed by atoms with Crippen molar-refractivity contribution in [1.29, 1.82) is 0 Å². The number of alkyl halides is 2. The number of nitrogens with one attached hydrogen (secondary N) is 1. The van der Waals surface area contributed by atoms with Crippen molar-refractivity contribution in [2.75, 3.05) is 18.0 Å². The topological polar surface area (TPSA) is 104 Å². The van der Waals surface area contributed by atoms with Gasteiger partial charge in [0.05, 0.1) is 13.1 Å². The van der Waals surface area contributed by atoms with Crippen LogP contribution in [0.4, 0.5) is 19.0 Å². The lowest BCUT2D eigenvalue weighted by Crippen LogP contribution is -2.61. The summed E-state index contributed by atoms with van der Waals surface area (Å²) in [5.74, 6) is -6.43. The average Bonchev–Trinajstić information content (AvgIpc) is 2.73. The number of anilines is 1. The number of amides is 2. The SMILES string of the molecule is CC1=C(Cl)N(c2ncccc2F)C(=O)C(NCC(F)(F)c2ccccn2)N1CC(N)=O. The zero-order chi connectivity index (χ0) is 22.8. The largest absolute Gasteiger partial charge is 0.368 e. The summed E-state index contributed by atoms with van der Waals surface area (Å²) in [6.45, 7) is -0.0462. The molecule has 164 valence electrons. The minimum Gasteiger partial charge on any atom is -0.368 e. The van der Waals surface area contributed by atoms with E-state index < -0.39 is 54.3 Å². The van der Waals surface area contributed by atoms with E-state index in [9.17, 15) is 22.8 Å². The quantitative estimate of drug-likeness (QED) is 0.619. The van der Waals surface area contributed by atoms with Crippen molar-refractivity contribution in [3.8, 4) is 0 Å². The van der Waals surface area contributed by atoms with Crippen LogP contribution >= 0.6 is 11.6 Å². The maximum Gasteiger partial charge on any atom is 0.301 e. The van der Waals surface area contributed by atoms with Crippen LogP contribution in [-0.4, -0.2) is 45.9 Å². The highest BCUT2D eigenvalue weighted by atomic mass is 35.5. The minimum atomic E-state index is -3.44. The van der Waals surface area contributed by atoms with E-state index in [-0.39, 0.29) is 10.9 Å². The van der Waals surface area contributed by atoms with Crippen LogP contribution in [0.25, 0.3) is 0 Å². The summed E-state index contributed by atoms with van der Waals surface area (Å²) in [5, 5.41) is 2.19. The highest BCUT2D eigenvalue weighted by Crippen LogP contribution is 2.33. The molecule has 31 heavy (non-hydrogen) atoms. The first-order chi connectivity index (χ1) is 14.6.